The minimum absolute atomic E-state index is 0.0251. The van der Waals surface area contributed by atoms with E-state index in [2.05, 4.69) is 15.7 Å². The average Bonchev–Trinajstić information content (AvgIpc) is 3.22. The standard InChI is InChI=1S/C20H17F3N4O2/c21-20(22,23)15-7-8-17(27-12-4-10-25-27)16(13-15)26-18(28)9-11-24-19(29)14-5-2-1-3-6-14/h1-8,10,12-13H,9,11H2,(H,24,29)(H,26,28). The van der Waals surface area contributed by atoms with Crippen LogP contribution < -0.4 is 10.6 Å². The van der Waals surface area contributed by atoms with Gasteiger partial charge in [0.2, 0.25) is 5.91 Å². The Kier molecular flexibility index (Phi) is 5.96. The number of alkyl halides is 3. The van der Waals surface area contributed by atoms with Crippen molar-refractivity contribution < 1.29 is 22.8 Å². The van der Waals surface area contributed by atoms with Crippen molar-refractivity contribution >= 4 is 17.5 Å². The number of hydrogen-bond acceptors (Lipinski definition) is 3. The van der Waals surface area contributed by atoms with Gasteiger partial charge in [0.15, 0.2) is 0 Å². The van der Waals surface area contributed by atoms with Gasteiger partial charge in [0, 0.05) is 30.9 Å². The maximum absolute atomic E-state index is 13.0. The summed E-state index contributed by atoms with van der Waals surface area (Å²) in [6.07, 6.45) is -1.63. The second-order valence-corrected chi connectivity index (χ2v) is 6.10. The fraction of sp³-hybridized carbons (Fsp3) is 0.150. The highest BCUT2D eigenvalue weighted by atomic mass is 19.4. The van der Waals surface area contributed by atoms with E-state index >= 15 is 0 Å². The first kappa shape index (κ1) is 20.1. The molecule has 9 heteroatoms. The minimum atomic E-state index is -4.55. The number of carbonyl (C=O) groups is 2. The second kappa shape index (κ2) is 8.59. The molecular formula is C20H17F3N4O2. The van der Waals surface area contributed by atoms with E-state index in [1.54, 1.807) is 42.6 Å². The summed E-state index contributed by atoms with van der Waals surface area (Å²) in [6.45, 7) is 0.0373. The van der Waals surface area contributed by atoms with Gasteiger partial charge in [-0.2, -0.15) is 18.3 Å². The molecule has 0 saturated heterocycles. The van der Waals surface area contributed by atoms with Crippen LogP contribution in [0.5, 0.6) is 0 Å². The number of nitrogens with zero attached hydrogens (tertiary/aromatic N) is 2. The van der Waals surface area contributed by atoms with Gasteiger partial charge < -0.3 is 10.6 Å². The maximum Gasteiger partial charge on any atom is 0.416 e. The quantitative estimate of drug-likeness (QED) is 0.661. The van der Waals surface area contributed by atoms with Gasteiger partial charge in [0.05, 0.1) is 16.9 Å². The first-order valence-corrected chi connectivity index (χ1v) is 8.69. The molecule has 2 amide bonds. The molecule has 0 unspecified atom stereocenters. The molecule has 1 aromatic heterocycles. The van der Waals surface area contributed by atoms with E-state index in [9.17, 15) is 22.8 Å². The van der Waals surface area contributed by atoms with E-state index in [4.69, 9.17) is 0 Å². The molecular weight excluding hydrogens is 385 g/mol. The van der Waals surface area contributed by atoms with E-state index in [1.807, 2.05) is 0 Å². The minimum Gasteiger partial charge on any atom is -0.352 e. The number of amides is 2. The van der Waals surface area contributed by atoms with Crippen LogP contribution in [0.2, 0.25) is 0 Å². The van der Waals surface area contributed by atoms with Crippen molar-refractivity contribution in [2.45, 2.75) is 12.6 Å². The van der Waals surface area contributed by atoms with Crippen molar-refractivity contribution in [3.8, 4) is 5.69 Å². The monoisotopic (exact) mass is 402 g/mol. The van der Waals surface area contributed by atoms with E-state index < -0.39 is 17.6 Å². The molecule has 0 bridgehead atoms. The summed E-state index contributed by atoms with van der Waals surface area (Å²) in [6, 6.07) is 13.1. The fourth-order valence-corrected chi connectivity index (χ4v) is 2.62. The van der Waals surface area contributed by atoms with Gasteiger partial charge in [-0.25, -0.2) is 4.68 Å². The number of carbonyl (C=O) groups excluding carboxylic acids is 2. The van der Waals surface area contributed by atoms with Crippen LogP contribution in [0.25, 0.3) is 5.69 Å². The van der Waals surface area contributed by atoms with Crippen molar-refractivity contribution in [1.82, 2.24) is 15.1 Å². The number of rotatable bonds is 6. The highest BCUT2D eigenvalue weighted by Gasteiger charge is 2.31. The number of anilines is 1. The second-order valence-electron chi connectivity index (χ2n) is 6.10. The summed E-state index contributed by atoms with van der Waals surface area (Å²) in [5, 5.41) is 9.06. The molecule has 3 aromatic rings. The molecule has 0 aliphatic heterocycles. The largest absolute Gasteiger partial charge is 0.416 e. The van der Waals surface area contributed by atoms with Gasteiger partial charge in [0.25, 0.3) is 5.91 Å². The molecule has 0 saturated carbocycles. The lowest BCUT2D eigenvalue weighted by Gasteiger charge is -2.15. The van der Waals surface area contributed by atoms with E-state index in [-0.39, 0.29) is 24.6 Å². The summed E-state index contributed by atoms with van der Waals surface area (Å²) in [5.74, 6) is -0.874. The predicted molar refractivity (Wildman–Crippen MR) is 101 cm³/mol. The molecule has 0 radical (unpaired) electrons. The van der Waals surface area contributed by atoms with Gasteiger partial charge in [-0.05, 0) is 36.4 Å². The Balaban J connectivity index is 1.68. The predicted octanol–water partition coefficient (Wildman–Crippen LogP) is 3.65. The van der Waals surface area contributed by atoms with Crippen LogP contribution in [0.4, 0.5) is 18.9 Å². The Labute approximate surface area is 164 Å². The Morgan fingerprint density at radius 2 is 1.79 bits per heavy atom. The molecule has 29 heavy (non-hydrogen) atoms. The molecule has 150 valence electrons. The van der Waals surface area contributed by atoms with Crippen molar-refractivity contribution in [1.29, 1.82) is 0 Å². The molecule has 0 aliphatic carbocycles. The molecule has 6 nitrogen and oxygen atoms in total. The first-order chi connectivity index (χ1) is 13.8. The highest BCUT2D eigenvalue weighted by molar-refractivity contribution is 5.95. The van der Waals surface area contributed by atoms with E-state index in [0.29, 0.717) is 11.3 Å². The van der Waals surface area contributed by atoms with E-state index in [0.717, 1.165) is 12.1 Å². The first-order valence-electron chi connectivity index (χ1n) is 8.69. The van der Waals surface area contributed by atoms with Gasteiger partial charge in [-0.3, -0.25) is 9.59 Å². The number of halogens is 3. The third kappa shape index (κ3) is 5.22. The Morgan fingerprint density at radius 1 is 1.03 bits per heavy atom. The Hall–Kier alpha value is -3.62. The average molecular weight is 402 g/mol. The third-order valence-electron chi connectivity index (χ3n) is 4.02. The summed E-state index contributed by atoms with van der Waals surface area (Å²) in [4.78, 5) is 24.2. The van der Waals surface area contributed by atoms with E-state index in [1.165, 1.54) is 16.9 Å². The molecule has 0 spiro atoms. The zero-order valence-corrected chi connectivity index (χ0v) is 15.1. The van der Waals surface area contributed by atoms with Crippen molar-refractivity contribution in [3.63, 3.8) is 0 Å². The summed E-state index contributed by atoms with van der Waals surface area (Å²) in [5.41, 5.74) is -0.166. The molecule has 0 fully saturated rings. The number of aromatic nitrogens is 2. The van der Waals surface area contributed by atoms with Gasteiger partial charge in [0.1, 0.15) is 0 Å². The van der Waals surface area contributed by atoms with Crippen LogP contribution >= 0.6 is 0 Å². The van der Waals surface area contributed by atoms with Crippen LogP contribution in [-0.2, 0) is 11.0 Å². The zero-order valence-electron chi connectivity index (χ0n) is 15.1. The number of hydrogen-bond donors (Lipinski definition) is 2. The molecule has 3 rings (SSSR count). The van der Waals surface area contributed by atoms with Crippen molar-refractivity contribution in [3.05, 3.63) is 78.1 Å². The molecule has 2 aromatic carbocycles. The lowest BCUT2D eigenvalue weighted by molar-refractivity contribution is -0.137. The third-order valence-corrected chi connectivity index (χ3v) is 4.02. The van der Waals surface area contributed by atoms with Gasteiger partial charge >= 0.3 is 6.18 Å². The van der Waals surface area contributed by atoms with Gasteiger partial charge in [-0.15, -0.1) is 0 Å². The summed E-state index contributed by atoms with van der Waals surface area (Å²) >= 11 is 0. The zero-order chi connectivity index (χ0) is 20.9. The van der Waals surface area contributed by atoms with Crippen molar-refractivity contribution in [2.75, 3.05) is 11.9 Å². The highest BCUT2D eigenvalue weighted by Crippen LogP contribution is 2.33. The Morgan fingerprint density at radius 3 is 2.45 bits per heavy atom. The normalized spacial score (nSPS) is 11.1. The molecule has 0 atom stereocenters. The number of benzene rings is 2. The lowest BCUT2D eigenvalue weighted by atomic mass is 10.1. The lowest BCUT2D eigenvalue weighted by Crippen LogP contribution is -2.27. The van der Waals surface area contributed by atoms with Crippen molar-refractivity contribution in [2.24, 2.45) is 0 Å². The number of nitrogens with one attached hydrogen (secondary N) is 2. The van der Waals surface area contributed by atoms with Crippen LogP contribution in [0.3, 0.4) is 0 Å². The molecule has 0 aliphatic rings. The maximum atomic E-state index is 13.0. The van der Waals surface area contributed by atoms with Crippen LogP contribution in [0, 0.1) is 0 Å². The van der Waals surface area contributed by atoms with Gasteiger partial charge in [-0.1, -0.05) is 18.2 Å². The topological polar surface area (TPSA) is 76.0 Å². The summed E-state index contributed by atoms with van der Waals surface area (Å²) in [7, 11) is 0. The molecule has 2 N–H and O–H groups in total. The van der Waals surface area contributed by atoms with Crippen LogP contribution in [0.1, 0.15) is 22.3 Å². The van der Waals surface area contributed by atoms with Crippen LogP contribution in [0.15, 0.2) is 67.0 Å². The Bertz CT molecular complexity index is 987. The summed E-state index contributed by atoms with van der Waals surface area (Å²) < 4.78 is 40.5. The SMILES string of the molecule is O=C(CCNC(=O)c1ccccc1)Nc1cc(C(F)(F)F)ccc1-n1cccn1. The molecule has 1 heterocycles. The fourth-order valence-electron chi connectivity index (χ4n) is 2.62. The smallest absolute Gasteiger partial charge is 0.352 e. The van der Waals surface area contributed by atoms with Crippen LogP contribution in [-0.4, -0.2) is 28.1 Å².